The molecule has 2 aromatic carbocycles. The Balaban J connectivity index is 1.88. The average molecular weight is 504 g/mol. The van der Waals surface area contributed by atoms with Gasteiger partial charge in [-0.15, -0.1) is 0 Å². The number of aromatic nitrogens is 1. The lowest BCUT2D eigenvalue weighted by Gasteiger charge is -2.19. The standard InChI is InChI=1S/C29H33N3O5/c1-18(33)31-23-11-9-19-16-26(35-3)28(36-4)29(37-5)27(19)21-10-12-24(25(34)17-22(21)23)32(2)15-13-20-8-6-7-14-30-20/h6-8,10,12,14,16-17,23H,9,11,13,15H2,1-5H3,(H,31,33)/t23-/m1/s1. The molecule has 0 bridgehead atoms. The van der Waals surface area contributed by atoms with Gasteiger partial charge >= 0.3 is 0 Å². The molecular formula is C29H33N3O5. The number of carbonyl (C=O) groups is 1. The zero-order valence-electron chi connectivity index (χ0n) is 22.0. The molecule has 0 unspecified atom stereocenters. The number of fused-ring (bicyclic) bond motifs is 3. The van der Waals surface area contributed by atoms with Crippen molar-refractivity contribution in [3.63, 3.8) is 0 Å². The molecule has 8 nitrogen and oxygen atoms in total. The number of pyridine rings is 1. The van der Waals surface area contributed by atoms with Gasteiger partial charge in [0, 0.05) is 44.4 Å². The van der Waals surface area contributed by atoms with Crippen molar-refractivity contribution in [1.82, 2.24) is 10.3 Å². The highest BCUT2D eigenvalue weighted by molar-refractivity contribution is 5.83. The molecule has 1 aliphatic carbocycles. The number of carbonyl (C=O) groups excluding carboxylic acids is 1. The third-order valence-electron chi connectivity index (χ3n) is 6.73. The van der Waals surface area contributed by atoms with Crippen LogP contribution in [0.2, 0.25) is 0 Å². The highest BCUT2D eigenvalue weighted by Gasteiger charge is 2.29. The van der Waals surface area contributed by atoms with E-state index in [0.717, 1.165) is 27.9 Å². The second-order valence-electron chi connectivity index (χ2n) is 9.06. The predicted octanol–water partition coefficient (Wildman–Crippen LogP) is 3.94. The highest BCUT2D eigenvalue weighted by atomic mass is 16.5. The Morgan fingerprint density at radius 2 is 1.86 bits per heavy atom. The molecule has 194 valence electrons. The van der Waals surface area contributed by atoms with Gasteiger partial charge in [0.25, 0.3) is 0 Å². The number of nitrogens with one attached hydrogen (secondary N) is 1. The lowest BCUT2D eigenvalue weighted by Crippen LogP contribution is -2.27. The fraction of sp³-hybridized carbons (Fsp3) is 0.345. The number of likely N-dealkylation sites (N-methyl/N-ethyl adjacent to an activating group) is 1. The van der Waals surface area contributed by atoms with Crippen LogP contribution < -0.4 is 29.9 Å². The first kappa shape index (κ1) is 26.0. The number of hydrogen-bond acceptors (Lipinski definition) is 7. The number of nitrogens with zero attached hydrogens (tertiary/aromatic N) is 2. The molecule has 1 aromatic heterocycles. The first-order chi connectivity index (χ1) is 17.9. The summed E-state index contributed by atoms with van der Waals surface area (Å²) in [4.78, 5) is 32.0. The van der Waals surface area contributed by atoms with E-state index in [1.165, 1.54) is 6.92 Å². The third kappa shape index (κ3) is 5.38. The van der Waals surface area contributed by atoms with Gasteiger partial charge in [0.2, 0.25) is 17.1 Å². The molecule has 0 radical (unpaired) electrons. The normalized spacial score (nSPS) is 14.0. The van der Waals surface area contributed by atoms with Crippen LogP contribution in [0.15, 0.2) is 53.5 Å². The van der Waals surface area contributed by atoms with E-state index in [1.54, 1.807) is 33.6 Å². The zero-order chi connectivity index (χ0) is 26.5. The second kappa shape index (κ2) is 11.3. The second-order valence-corrected chi connectivity index (χ2v) is 9.06. The molecular weight excluding hydrogens is 470 g/mol. The molecule has 37 heavy (non-hydrogen) atoms. The summed E-state index contributed by atoms with van der Waals surface area (Å²) in [5, 5.41) is 3.04. The van der Waals surface area contributed by atoms with Crippen LogP contribution >= 0.6 is 0 Å². The van der Waals surface area contributed by atoms with Gasteiger partial charge < -0.3 is 24.4 Å². The SMILES string of the molecule is COc1cc2c(c(OC)c1OC)-c1ccc(N(C)CCc3ccccn3)c(=O)cc1[C@H](NC(C)=O)CC2. The van der Waals surface area contributed by atoms with Gasteiger partial charge in [-0.25, -0.2) is 0 Å². The van der Waals surface area contributed by atoms with Crippen LogP contribution in [0.1, 0.15) is 36.2 Å². The largest absolute Gasteiger partial charge is 0.493 e. The number of methoxy groups -OCH3 is 3. The van der Waals surface area contributed by atoms with E-state index in [0.29, 0.717) is 48.7 Å². The average Bonchev–Trinajstić information content (AvgIpc) is 3.15. The maximum atomic E-state index is 13.5. The summed E-state index contributed by atoms with van der Waals surface area (Å²) >= 11 is 0. The number of benzene rings is 1. The number of rotatable bonds is 8. The fourth-order valence-corrected chi connectivity index (χ4v) is 4.96. The molecule has 1 aliphatic rings. The molecule has 0 aliphatic heterocycles. The summed E-state index contributed by atoms with van der Waals surface area (Å²) in [6, 6.07) is 12.9. The van der Waals surface area contributed by atoms with Crippen molar-refractivity contribution in [2.75, 3.05) is 39.8 Å². The lowest BCUT2D eigenvalue weighted by molar-refractivity contribution is -0.119. The Kier molecular flexibility index (Phi) is 7.96. The Labute approximate surface area is 217 Å². The topological polar surface area (TPSA) is 90.0 Å². The number of anilines is 1. The van der Waals surface area contributed by atoms with Crippen molar-refractivity contribution in [1.29, 1.82) is 0 Å². The van der Waals surface area contributed by atoms with Crippen molar-refractivity contribution in [3.05, 3.63) is 75.7 Å². The Morgan fingerprint density at radius 1 is 1.08 bits per heavy atom. The van der Waals surface area contributed by atoms with Crippen LogP contribution in [0.5, 0.6) is 17.2 Å². The van der Waals surface area contributed by atoms with E-state index in [9.17, 15) is 9.59 Å². The van der Waals surface area contributed by atoms with Crippen molar-refractivity contribution in [2.45, 2.75) is 32.2 Å². The van der Waals surface area contributed by atoms with E-state index < -0.39 is 0 Å². The van der Waals surface area contributed by atoms with Crippen molar-refractivity contribution in [3.8, 4) is 28.4 Å². The zero-order valence-corrected chi connectivity index (χ0v) is 22.0. The minimum Gasteiger partial charge on any atom is -0.493 e. The number of amides is 1. The maximum Gasteiger partial charge on any atom is 0.217 e. The molecule has 0 fully saturated rings. The first-order valence-electron chi connectivity index (χ1n) is 12.3. The molecule has 1 amide bonds. The maximum absolute atomic E-state index is 13.5. The van der Waals surface area contributed by atoms with Gasteiger partial charge in [0.1, 0.15) is 0 Å². The van der Waals surface area contributed by atoms with Crippen LogP contribution in [0, 0.1) is 0 Å². The van der Waals surface area contributed by atoms with Gasteiger partial charge in [-0.3, -0.25) is 14.6 Å². The van der Waals surface area contributed by atoms with Crippen LogP contribution in [0.4, 0.5) is 5.69 Å². The summed E-state index contributed by atoms with van der Waals surface area (Å²) < 4.78 is 17.1. The third-order valence-corrected chi connectivity index (χ3v) is 6.73. The van der Waals surface area contributed by atoms with Crippen molar-refractivity contribution >= 4 is 11.6 Å². The summed E-state index contributed by atoms with van der Waals surface area (Å²) in [6.07, 6.45) is 3.74. The quantitative estimate of drug-likeness (QED) is 0.498. The number of hydrogen-bond donors (Lipinski definition) is 1. The highest BCUT2D eigenvalue weighted by Crippen LogP contribution is 2.50. The van der Waals surface area contributed by atoms with E-state index in [-0.39, 0.29) is 17.4 Å². The molecule has 1 N–H and O–H groups in total. The molecule has 1 heterocycles. The fourth-order valence-electron chi connectivity index (χ4n) is 4.96. The van der Waals surface area contributed by atoms with Gasteiger partial charge in [-0.2, -0.15) is 0 Å². The van der Waals surface area contributed by atoms with Crippen molar-refractivity contribution in [2.24, 2.45) is 0 Å². The van der Waals surface area contributed by atoms with E-state index >= 15 is 0 Å². The minimum atomic E-state index is -0.339. The van der Waals surface area contributed by atoms with Gasteiger partial charge in [0.15, 0.2) is 11.5 Å². The predicted molar refractivity (Wildman–Crippen MR) is 144 cm³/mol. The lowest BCUT2D eigenvalue weighted by atomic mass is 9.95. The van der Waals surface area contributed by atoms with Gasteiger partial charge in [-0.1, -0.05) is 12.1 Å². The van der Waals surface area contributed by atoms with E-state index in [4.69, 9.17) is 14.2 Å². The summed E-state index contributed by atoms with van der Waals surface area (Å²) in [5.74, 6) is 1.42. The molecule has 8 heteroatoms. The first-order valence-corrected chi connectivity index (χ1v) is 12.3. The summed E-state index contributed by atoms with van der Waals surface area (Å²) in [7, 11) is 6.65. The van der Waals surface area contributed by atoms with E-state index in [2.05, 4.69) is 10.3 Å². The van der Waals surface area contributed by atoms with Crippen LogP contribution in [-0.4, -0.2) is 45.8 Å². The number of ether oxygens (including phenoxy) is 3. The Hall–Kier alpha value is -4.07. The van der Waals surface area contributed by atoms with Crippen LogP contribution in [0.25, 0.3) is 11.1 Å². The molecule has 3 aromatic rings. The minimum absolute atomic E-state index is 0.122. The van der Waals surface area contributed by atoms with Crippen LogP contribution in [0.3, 0.4) is 0 Å². The molecule has 0 saturated carbocycles. The smallest absolute Gasteiger partial charge is 0.217 e. The molecule has 0 spiro atoms. The summed E-state index contributed by atoms with van der Waals surface area (Å²) in [6.45, 7) is 2.11. The Bertz CT molecular complexity index is 1340. The monoisotopic (exact) mass is 503 g/mol. The molecule has 1 atom stereocenters. The van der Waals surface area contributed by atoms with Crippen molar-refractivity contribution < 1.29 is 19.0 Å². The number of aryl methyl sites for hydroxylation is 1. The molecule has 0 saturated heterocycles. The van der Waals surface area contributed by atoms with Gasteiger partial charge in [0.05, 0.1) is 33.1 Å². The summed E-state index contributed by atoms with van der Waals surface area (Å²) in [5.41, 5.74) is 4.78. The Morgan fingerprint density at radius 3 is 2.51 bits per heavy atom. The van der Waals surface area contributed by atoms with Gasteiger partial charge in [-0.05, 0) is 59.9 Å². The molecule has 4 rings (SSSR count). The van der Waals surface area contributed by atoms with E-state index in [1.807, 2.05) is 48.3 Å². The van der Waals surface area contributed by atoms with Crippen LogP contribution in [-0.2, 0) is 17.6 Å².